The van der Waals surface area contributed by atoms with Gasteiger partial charge in [-0.25, -0.2) is 0 Å². The first-order valence-corrected chi connectivity index (χ1v) is 10.5. The smallest absolute Gasteiger partial charge is 0.399 e. The molecule has 1 fully saturated rings. The fourth-order valence-corrected chi connectivity index (χ4v) is 4.41. The molecule has 0 aromatic heterocycles. The van der Waals surface area contributed by atoms with Crippen LogP contribution in [0.4, 0.5) is 0 Å². The van der Waals surface area contributed by atoms with Crippen molar-refractivity contribution in [2.24, 2.45) is 0 Å². The monoisotopic (exact) mass is 384 g/mol. The predicted molar refractivity (Wildman–Crippen MR) is 125 cm³/mol. The van der Waals surface area contributed by atoms with Crippen LogP contribution in [0.1, 0.15) is 54.0 Å². The molecule has 0 unspecified atom stereocenters. The van der Waals surface area contributed by atoms with Crippen molar-refractivity contribution in [3.8, 4) is 0 Å². The Labute approximate surface area is 173 Å². The molecule has 148 valence electrons. The predicted octanol–water partition coefficient (Wildman–Crippen LogP) is 6.18. The summed E-state index contributed by atoms with van der Waals surface area (Å²) in [5.74, 6) is 0. The van der Waals surface area contributed by atoms with Crippen LogP contribution in [0.2, 0.25) is 0 Å². The maximum Gasteiger partial charge on any atom is 0.494 e. The van der Waals surface area contributed by atoms with Crippen molar-refractivity contribution in [2.75, 3.05) is 0 Å². The van der Waals surface area contributed by atoms with Gasteiger partial charge in [0.25, 0.3) is 0 Å². The van der Waals surface area contributed by atoms with Gasteiger partial charge in [-0.2, -0.15) is 0 Å². The summed E-state index contributed by atoms with van der Waals surface area (Å²) >= 11 is 0. The number of benzene rings is 4. The lowest BCUT2D eigenvalue weighted by Crippen LogP contribution is -2.41. The Kier molecular flexibility index (Phi) is 3.74. The molecule has 0 atom stereocenters. The van der Waals surface area contributed by atoms with Gasteiger partial charge in [-0.15, -0.1) is 0 Å². The van der Waals surface area contributed by atoms with Crippen molar-refractivity contribution in [3.05, 3.63) is 54.1 Å². The lowest BCUT2D eigenvalue weighted by molar-refractivity contribution is 0.00578. The summed E-state index contributed by atoms with van der Waals surface area (Å²) in [5, 5.41) is 7.81. The molecule has 1 heterocycles. The van der Waals surface area contributed by atoms with Crippen molar-refractivity contribution < 1.29 is 9.31 Å². The molecule has 0 spiro atoms. The Morgan fingerprint density at radius 2 is 1.03 bits per heavy atom. The van der Waals surface area contributed by atoms with E-state index in [1.807, 2.05) is 0 Å². The van der Waals surface area contributed by atoms with Gasteiger partial charge in [0.2, 0.25) is 0 Å². The third-order valence-corrected chi connectivity index (χ3v) is 6.95. The summed E-state index contributed by atoms with van der Waals surface area (Å²) in [6.07, 6.45) is 0. The zero-order chi connectivity index (χ0) is 20.8. The standard InChI is InChI=1S/C26H29BO2/c1-24(2,3)20-12-16-8-10-18-14-21(27-28-25(4,5)26(6,7)29-27)15-19-11-9-17(13-20)22(16)23(18)19/h8-15H,1-7H3. The minimum Gasteiger partial charge on any atom is -0.399 e. The molecule has 0 amide bonds. The molecule has 0 saturated carbocycles. The third kappa shape index (κ3) is 2.79. The zero-order valence-corrected chi connectivity index (χ0v) is 18.5. The SMILES string of the molecule is CC(C)(C)c1cc2ccc3cc(B4OC(C)(C)C(C)(C)O4)cc4ccc(c1)c2c34. The second-order valence-electron chi connectivity index (χ2n) is 10.6. The summed E-state index contributed by atoms with van der Waals surface area (Å²) in [6.45, 7) is 15.2. The quantitative estimate of drug-likeness (QED) is 0.288. The van der Waals surface area contributed by atoms with E-state index in [-0.39, 0.29) is 23.7 Å². The van der Waals surface area contributed by atoms with E-state index in [0.717, 1.165) is 5.46 Å². The highest BCUT2D eigenvalue weighted by molar-refractivity contribution is 6.62. The van der Waals surface area contributed by atoms with Gasteiger partial charge in [0.05, 0.1) is 11.2 Å². The molecule has 0 aliphatic carbocycles. The van der Waals surface area contributed by atoms with E-state index in [1.54, 1.807) is 0 Å². The molecule has 3 heteroatoms. The fourth-order valence-electron chi connectivity index (χ4n) is 4.41. The van der Waals surface area contributed by atoms with Crippen LogP contribution >= 0.6 is 0 Å². The van der Waals surface area contributed by atoms with Gasteiger partial charge in [-0.3, -0.25) is 0 Å². The normalized spacial score (nSPS) is 19.1. The Bertz CT molecular complexity index is 1160. The first-order chi connectivity index (χ1) is 13.5. The molecule has 0 radical (unpaired) electrons. The summed E-state index contributed by atoms with van der Waals surface area (Å²) in [7, 11) is -0.339. The average Bonchev–Trinajstić information content (AvgIpc) is 2.86. The number of hydrogen-bond donors (Lipinski definition) is 0. The summed E-state index contributed by atoms with van der Waals surface area (Å²) in [4.78, 5) is 0. The first-order valence-electron chi connectivity index (χ1n) is 10.5. The minimum absolute atomic E-state index is 0.133. The van der Waals surface area contributed by atoms with E-state index in [4.69, 9.17) is 9.31 Å². The zero-order valence-electron chi connectivity index (χ0n) is 18.5. The van der Waals surface area contributed by atoms with Gasteiger partial charge in [0.1, 0.15) is 0 Å². The van der Waals surface area contributed by atoms with Crippen molar-refractivity contribution >= 4 is 44.9 Å². The van der Waals surface area contributed by atoms with Gasteiger partial charge >= 0.3 is 7.12 Å². The van der Waals surface area contributed by atoms with Gasteiger partial charge in [0.15, 0.2) is 0 Å². The van der Waals surface area contributed by atoms with Gasteiger partial charge in [-0.1, -0.05) is 69.3 Å². The molecule has 1 aliphatic rings. The molecule has 4 aromatic rings. The topological polar surface area (TPSA) is 18.5 Å². The number of rotatable bonds is 1. The maximum atomic E-state index is 6.31. The van der Waals surface area contributed by atoms with Crippen LogP contribution in [0, 0.1) is 0 Å². The lowest BCUT2D eigenvalue weighted by Gasteiger charge is -2.32. The molecule has 1 saturated heterocycles. The van der Waals surface area contributed by atoms with E-state index in [0.29, 0.717) is 0 Å². The largest absolute Gasteiger partial charge is 0.494 e. The second kappa shape index (κ2) is 5.74. The molecule has 2 nitrogen and oxygen atoms in total. The highest BCUT2D eigenvalue weighted by Gasteiger charge is 2.51. The van der Waals surface area contributed by atoms with Crippen LogP contribution in [-0.2, 0) is 14.7 Å². The molecule has 1 aliphatic heterocycles. The molecule has 5 rings (SSSR count). The average molecular weight is 384 g/mol. The van der Waals surface area contributed by atoms with Crippen LogP contribution in [-0.4, -0.2) is 18.3 Å². The summed E-state index contributed by atoms with van der Waals surface area (Å²) < 4.78 is 12.6. The van der Waals surface area contributed by atoms with E-state index >= 15 is 0 Å². The molecule has 0 N–H and O–H groups in total. The van der Waals surface area contributed by atoms with Gasteiger partial charge in [-0.05, 0) is 76.5 Å². The molecule has 0 bridgehead atoms. The summed E-state index contributed by atoms with van der Waals surface area (Å²) in [5.41, 5.74) is 1.93. The fraction of sp³-hybridized carbons (Fsp3) is 0.385. The molecule has 4 aromatic carbocycles. The Morgan fingerprint density at radius 1 is 0.655 bits per heavy atom. The van der Waals surface area contributed by atoms with Crippen molar-refractivity contribution in [2.45, 2.75) is 65.1 Å². The van der Waals surface area contributed by atoms with Crippen molar-refractivity contribution in [1.82, 2.24) is 0 Å². The lowest BCUT2D eigenvalue weighted by atomic mass is 9.76. The highest BCUT2D eigenvalue weighted by Crippen LogP contribution is 2.39. The Morgan fingerprint density at radius 3 is 1.41 bits per heavy atom. The number of hydrogen-bond acceptors (Lipinski definition) is 2. The van der Waals surface area contributed by atoms with Gasteiger partial charge in [0, 0.05) is 0 Å². The van der Waals surface area contributed by atoms with Crippen molar-refractivity contribution in [1.29, 1.82) is 0 Å². The van der Waals surface area contributed by atoms with Crippen LogP contribution in [0.5, 0.6) is 0 Å². The van der Waals surface area contributed by atoms with Crippen molar-refractivity contribution in [3.63, 3.8) is 0 Å². The molecule has 29 heavy (non-hydrogen) atoms. The third-order valence-electron chi connectivity index (χ3n) is 6.95. The first kappa shape index (κ1) is 18.9. The van der Waals surface area contributed by atoms with E-state index in [9.17, 15) is 0 Å². The second-order valence-corrected chi connectivity index (χ2v) is 10.6. The minimum atomic E-state index is -0.339. The van der Waals surface area contributed by atoms with E-state index in [1.165, 1.54) is 37.9 Å². The highest BCUT2D eigenvalue weighted by atomic mass is 16.7. The Hall–Kier alpha value is -2.10. The van der Waals surface area contributed by atoms with Crippen LogP contribution in [0.25, 0.3) is 32.3 Å². The van der Waals surface area contributed by atoms with Crippen LogP contribution in [0.15, 0.2) is 48.5 Å². The van der Waals surface area contributed by atoms with Crippen LogP contribution in [0.3, 0.4) is 0 Å². The molecular weight excluding hydrogens is 355 g/mol. The summed E-state index contributed by atoms with van der Waals surface area (Å²) in [6, 6.07) is 18.2. The van der Waals surface area contributed by atoms with Crippen LogP contribution < -0.4 is 5.46 Å². The van der Waals surface area contributed by atoms with E-state index < -0.39 is 0 Å². The van der Waals surface area contributed by atoms with E-state index in [2.05, 4.69) is 97.0 Å². The Balaban J connectivity index is 1.71. The maximum absolute atomic E-state index is 6.31. The van der Waals surface area contributed by atoms with Gasteiger partial charge < -0.3 is 9.31 Å². The molecular formula is C26H29BO2.